The number of urea groups is 1. The molecule has 0 saturated carbocycles. The van der Waals surface area contributed by atoms with Gasteiger partial charge in [-0.05, 0) is 59.4 Å². The van der Waals surface area contributed by atoms with Crippen molar-refractivity contribution in [3.05, 3.63) is 83.0 Å². The number of anilines is 1. The van der Waals surface area contributed by atoms with E-state index in [2.05, 4.69) is 22.8 Å². The Labute approximate surface area is 183 Å². The van der Waals surface area contributed by atoms with Crippen LogP contribution in [0.5, 0.6) is 0 Å². The van der Waals surface area contributed by atoms with E-state index in [-0.39, 0.29) is 16.7 Å². The molecule has 1 aliphatic heterocycles. The molecule has 2 aromatic carbocycles. The summed E-state index contributed by atoms with van der Waals surface area (Å²) < 4.78 is 25.7. The van der Waals surface area contributed by atoms with Crippen molar-refractivity contribution in [2.75, 3.05) is 18.9 Å². The summed E-state index contributed by atoms with van der Waals surface area (Å²) in [4.78, 5) is 14.3. The fourth-order valence-corrected chi connectivity index (χ4v) is 5.17. The maximum Gasteiger partial charge on any atom is 0.321 e. The number of sulfone groups is 1. The average Bonchev–Trinajstić information content (AvgIpc) is 3.22. The van der Waals surface area contributed by atoms with Gasteiger partial charge in [0.1, 0.15) is 0 Å². The van der Waals surface area contributed by atoms with E-state index in [0.717, 1.165) is 42.6 Å². The van der Waals surface area contributed by atoms with Crippen LogP contribution in [0.1, 0.15) is 29.5 Å². The van der Waals surface area contributed by atoms with Crippen molar-refractivity contribution in [1.82, 2.24) is 10.2 Å². The number of fused-ring (bicyclic) bond motifs is 1. The summed E-state index contributed by atoms with van der Waals surface area (Å²) in [5.41, 5.74) is 4.85. The van der Waals surface area contributed by atoms with Crippen LogP contribution in [0.3, 0.4) is 0 Å². The predicted molar refractivity (Wildman–Crippen MR) is 122 cm³/mol. The molecule has 0 unspecified atom stereocenters. The van der Waals surface area contributed by atoms with E-state index < -0.39 is 9.84 Å². The lowest BCUT2D eigenvalue weighted by molar-refractivity contribution is 0.226. The summed E-state index contributed by atoms with van der Waals surface area (Å²) in [6.45, 7) is 2.14. The number of rotatable bonds is 6. The Balaban J connectivity index is 1.38. The van der Waals surface area contributed by atoms with Crippen molar-refractivity contribution in [2.24, 2.45) is 0 Å². The number of nitrogens with zero attached hydrogens (tertiary/aromatic N) is 1. The van der Waals surface area contributed by atoms with E-state index in [0.29, 0.717) is 12.2 Å². The van der Waals surface area contributed by atoms with E-state index in [1.807, 2.05) is 24.3 Å². The number of likely N-dealkylation sites (N-methyl/N-ethyl adjacent to an activating group) is 1. The van der Waals surface area contributed by atoms with Crippen LogP contribution in [0, 0.1) is 0 Å². The molecule has 0 fully saturated rings. The van der Waals surface area contributed by atoms with Gasteiger partial charge in [0.05, 0.1) is 10.6 Å². The lowest BCUT2D eigenvalue weighted by Gasteiger charge is -2.19. The normalized spacial score (nSPS) is 15.3. The van der Waals surface area contributed by atoms with Gasteiger partial charge in [-0.3, -0.25) is 0 Å². The topological polar surface area (TPSA) is 78.5 Å². The highest BCUT2D eigenvalue weighted by atomic mass is 32.2. The Hall–Kier alpha value is -2.90. The van der Waals surface area contributed by atoms with Gasteiger partial charge in [0.2, 0.25) is 0 Å². The van der Waals surface area contributed by atoms with Crippen molar-refractivity contribution in [3.63, 3.8) is 0 Å². The SMILES string of the molecule is CN(CC1=CCCC=C1)C(=O)Nc1ccc(S(=O)(=O)Cc2ccc3c(c2)CNC3)cc1. The fraction of sp³-hybridized carbons (Fsp3) is 0.292. The molecule has 1 aliphatic carbocycles. The van der Waals surface area contributed by atoms with Crippen LogP contribution < -0.4 is 10.6 Å². The molecule has 2 N–H and O–H groups in total. The van der Waals surface area contributed by atoms with Crippen molar-refractivity contribution in [2.45, 2.75) is 36.6 Å². The number of benzene rings is 2. The molecule has 0 aromatic heterocycles. The number of hydrogen-bond acceptors (Lipinski definition) is 4. The minimum absolute atomic E-state index is 0.0443. The molecule has 0 spiro atoms. The number of nitrogens with one attached hydrogen (secondary N) is 2. The second-order valence-corrected chi connectivity index (χ2v) is 10.0. The first-order valence-electron chi connectivity index (χ1n) is 10.4. The summed E-state index contributed by atoms with van der Waals surface area (Å²) >= 11 is 0. The van der Waals surface area contributed by atoms with Gasteiger partial charge in [-0.2, -0.15) is 0 Å². The Bertz CT molecular complexity index is 1140. The third-order valence-corrected chi connectivity index (χ3v) is 7.26. The molecule has 4 rings (SSSR count). The number of carbonyl (C=O) groups is 1. The molecular formula is C24H27N3O3S. The van der Waals surface area contributed by atoms with Crippen LogP contribution >= 0.6 is 0 Å². The van der Waals surface area contributed by atoms with E-state index in [1.165, 1.54) is 5.56 Å². The molecule has 0 radical (unpaired) electrons. The van der Waals surface area contributed by atoms with Crippen LogP contribution in [-0.2, 0) is 28.7 Å². The molecule has 0 bridgehead atoms. The van der Waals surface area contributed by atoms with Crippen molar-refractivity contribution >= 4 is 21.6 Å². The minimum Gasteiger partial charge on any atom is -0.323 e. The molecule has 2 aromatic rings. The summed E-state index contributed by atoms with van der Waals surface area (Å²) in [5, 5.41) is 6.09. The Morgan fingerprint density at radius 1 is 1.06 bits per heavy atom. The zero-order valence-corrected chi connectivity index (χ0v) is 18.4. The van der Waals surface area contributed by atoms with Crippen molar-refractivity contribution < 1.29 is 13.2 Å². The molecule has 1 heterocycles. The van der Waals surface area contributed by atoms with Crippen LogP contribution in [0.4, 0.5) is 10.5 Å². The first kappa shape index (κ1) is 21.3. The quantitative estimate of drug-likeness (QED) is 0.716. The largest absolute Gasteiger partial charge is 0.323 e. The number of allylic oxidation sites excluding steroid dienone is 2. The summed E-state index contributed by atoms with van der Waals surface area (Å²) in [5.74, 6) is -0.0443. The van der Waals surface area contributed by atoms with Crippen LogP contribution in [0.15, 0.2) is 71.2 Å². The lowest BCUT2D eigenvalue weighted by atomic mass is 10.1. The van der Waals surface area contributed by atoms with E-state index >= 15 is 0 Å². The summed E-state index contributed by atoms with van der Waals surface area (Å²) in [7, 11) is -1.73. The molecule has 2 aliphatic rings. The predicted octanol–water partition coefficient (Wildman–Crippen LogP) is 4.00. The lowest BCUT2D eigenvalue weighted by Crippen LogP contribution is -2.32. The van der Waals surface area contributed by atoms with Gasteiger partial charge in [0, 0.05) is 32.4 Å². The average molecular weight is 438 g/mol. The van der Waals surface area contributed by atoms with Crippen molar-refractivity contribution in [3.8, 4) is 0 Å². The first-order chi connectivity index (χ1) is 14.9. The van der Waals surface area contributed by atoms with Gasteiger partial charge in [-0.15, -0.1) is 0 Å². The van der Waals surface area contributed by atoms with Crippen molar-refractivity contribution in [1.29, 1.82) is 0 Å². The summed E-state index contributed by atoms with van der Waals surface area (Å²) in [6.07, 6.45) is 8.34. The summed E-state index contributed by atoms with van der Waals surface area (Å²) in [6, 6.07) is 12.0. The fourth-order valence-electron chi connectivity index (χ4n) is 3.84. The zero-order valence-electron chi connectivity index (χ0n) is 17.6. The molecule has 7 heteroatoms. The van der Waals surface area contributed by atoms with Gasteiger partial charge >= 0.3 is 6.03 Å². The van der Waals surface area contributed by atoms with Crippen LogP contribution in [0.25, 0.3) is 0 Å². The Morgan fingerprint density at radius 2 is 1.84 bits per heavy atom. The maximum atomic E-state index is 12.8. The van der Waals surface area contributed by atoms with E-state index in [1.54, 1.807) is 36.2 Å². The van der Waals surface area contributed by atoms with Gasteiger partial charge in [-0.25, -0.2) is 13.2 Å². The smallest absolute Gasteiger partial charge is 0.321 e. The number of amides is 2. The van der Waals surface area contributed by atoms with E-state index in [4.69, 9.17) is 0 Å². The minimum atomic E-state index is -3.47. The highest BCUT2D eigenvalue weighted by Gasteiger charge is 2.18. The standard InChI is InChI=1S/C24H27N3O3S/c1-27(16-18-5-3-2-4-6-18)24(28)26-22-9-11-23(12-10-22)31(29,30)17-19-7-8-20-14-25-15-21(20)13-19/h3,5-13,25H,2,4,14-17H2,1H3,(H,26,28). The molecular weight excluding hydrogens is 410 g/mol. The van der Waals surface area contributed by atoms with Gasteiger partial charge < -0.3 is 15.5 Å². The molecule has 31 heavy (non-hydrogen) atoms. The third kappa shape index (κ3) is 5.24. The second kappa shape index (κ2) is 9.08. The molecule has 0 saturated heterocycles. The second-order valence-electron chi connectivity index (χ2n) is 8.04. The van der Waals surface area contributed by atoms with Gasteiger partial charge in [0.15, 0.2) is 9.84 Å². The maximum absolute atomic E-state index is 12.8. The van der Waals surface area contributed by atoms with E-state index in [9.17, 15) is 13.2 Å². The number of hydrogen-bond donors (Lipinski definition) is 2. The first-order valence-corrected chi connectivity index (χ1v) is 12.1. The van der Waals surface area contributed by atoms with Crippen LogP contribution in [-0.4, -0.2) is 32.9 Å². The highest BCUT2D eigenvalue weighted by Crippen LogP contribution is 2.22. The molecule has 2 amide bonds. The van der Waals surface area contributed by atoms with Gasteiger partial charge in [0.25, 0.3) is 0 Å². The molecule has 6 nitrogen and oxygen atoms in total. The highest BCUT2D eigenvalue weighted by molar-refractivity contribution is 7.90. The monoisotopic (exact) mass is 437 g/mol. The molecule has 0 atom stereocenters. The molecule has 162 valence electrons. The Kier molecular flexibility index (Phi) is 6.25. The van der Waals surface area contributed by atoms with Crippen LogP contribution in [0.2, 0.25) is 0 Å². The Morgan fingerprint density at radius 3 is 2.58 bits per heavy atom. The third-order valence-electron chi connectivity index (χ3n) is 5.56. The zero-order chi connectivity index (χ0) is 21.8. The van der Waals surface area contributed by atoms with Gasteiger partial charge in [-0.1, -0.05) is 36.4 Å². The number of carbonyl (C=O) groups excluding carboxylic acids is 1.